The van der Waals surface area contributed by atoms with Crippen LogP contribution in [0.5, 0.6) is 0 Å². The molecule has 1 amide bonds. The molecule has 33 heavy (non-hydrogen) atoms. The van der Waals surface area contributed by atoms with Gasteiger partial charge in [-0.05, 0) is 43.2 Å². The summed E-state index contributed by atoms with van der Waals surface area (Å²) in [6.07, 6.45) is 6.81. The second-order valence-electron chi connectivity index (χ2n) is 8.65. The fourth-order valence-electron chi connectivity index (χ4n) is 4.77. The first kappa shape index (κ1) is 21.1. The van der Waals surface area contributed by atoms with Crippen LogP contribution in [0.15, 0.2) is 41.3 Å². The Hall–Kier alpha value is -3.73. The number of benzene rings is 1. The van der Waals surface area contributed by atoms with Crippen molar-refractivity contribution in [3.05, 3.63) is 63.8 Å². The Kier molecular flexibility index (Phi) is 5.78. The van der Waals surface area contributed by atoms with Gasteiger partial charge in [0.2, 0.25) is 0 Å². The van der Waals surface area contributed by atoms with Gasteiger partial charge in [-0.1, -0.05) is 12.8 Å². The average Bonchev–Trinajstić information content (AvgIpc) is 2.84. The number of nitrogens with zero attached hydrogens (tertiary/aromatic N) is 6. The fourth-order valence-corrected chi connectivity index (χ4v) is 4.77. The lowest BCUT2D eigenvalue weighted by Gasteiger charge is -2.35. The van der Waals surface area contributed by atoms with Gasteiger partial charge in [-0.3, -0.25) is 14.2 Å². The highest BCUT2D eigenvalue weighted by Crippen LogP contribution is 2.20. The number of fused-ring (bicyclic) bond motifs is 2. The van der Waals surface area contributed by atoms with Crippen molar-refractivity contribution in [3.63, 3.8) is 0 Å². The molecule has 2 aliphatic rings. The first-order valence-electron chi connectivity index (χ1n) is 11.6. The number of amides is 1. The number of aromatic nitrogens is 3. The highest BCUT2D eigenvalue weighted by atomic mass is 16.2. The first-order chi connectivity index (χ1) is 16.2. The third kappa shape index (κ3) is 4.07. The summed E-state index contributed by atoms with van der Waals surface area (Å²) in [4.78, 5) is 39.2. The van der Waals surface area contributed by atoms with E-state index in [0.717, 1.165) is 37.9 Å². The summed E-state index contributed by atoms with van der Waals surface area (Å²) in [6.45, 7) is 3.01. The van der Waals surface area contributed by atoms with Crippen LogP contribution in [0.2, 0.25) is 0 Å². The Balaban J connectivity index is 1.36. The molecule has 5 rings (SSSR count). The summed E-state index contributed by atoms with van der Waals surface area (Å²) < 4.78 is 1.81. The summed E-state index contributed by atoms with van der Waals surface area (Å²) in [6, 6.07) is 10.9. The maximum atomic E-state index is 13.2. The minimum Gasteiger partial charge on any atom is -0.352 e. The van der Waals surface area contributed by atoms with Crippen LogP contribution in [0, 0.1) is 11.3 Å². The molecule has 0 aliphatic carbocycles. The SMILES string of the molecule is N#Cc1cccnc1N1CCN(C(=O)c2ccc3c(=O)n4c(nc3c2)CCCCCC4)CC1. The van der Waals surface area contributed by atoms with Crippen LogP contribution < -0.4 is 10.5 Å². The van der Waals surface area contributed by atoms with Crippen molar-refractivity contribution in [1.29, 1.82) is 5.26 Å². The van der Waals surface area contributed by atoms with E-state index in [1.165, 1.54) is 0 Å². The molecule has 2 aromatic heterocycles. The fraction of sp³-hybridized carbons (Fsp3) is 0.400. The number of carbonyl (C=O) groups is 1. The van der Waals surface area contributed by atoms with Crippen molar-refractivity contribution >= 4 is 22.6 Å². The van der Waals surface area contributed by atoms with Gasteiger partial charge in [0.1, 0.15) is 17.7 Å². The van der Waals surface area contributed by atoms with Gasteiger partial charge in [0.05, 0.1) is 16.5 Å². The Morgan fingerprint density at radius 3 is 2.64 bits per heavy atom. The van der Waals surface area contributed by atoms with Crippen molar-refractivity contribution in [1.82, 2.24) is 19.4 Å². The van der Waals surface area contributed by atoms with Crippen LogP contribution in [-0.2, 0) is 13.0 Å². The standard InChI is InChI=1S/C25H26N6O2/c26-17-19-6-5-10-27-23(19)29-12-14-30(15-13-29)24(32)18-8-9-20-21(16-18)28-22-7-3-1-2-4-11-31(22)25(20)33/h5-6,8-10,16H,1-4,7,11-15H2. The average molecular weight is 443 g/mol. The molecule has 1 saturated heterocycles. The predicted octanol–water partition coefficient (Wildman–Crippen LogP) is 2.74. The Labute approximate surface area is 192 Å². The zero-order valence-corrected chi connectivity index (χ0v) is 18.5. The molecular weight excluding hydrogens is 416 g/mol. The zero-order valence-electron chi connectivity index (χ0n) is 18.5. The van der Waals surface area contributed by atoms with E-state index in [2.05, 4.69) is 11.1 Å². The topological polar surface area (TPSA) is 95.1 Å². The molecule has 1 aromatic carbocycles. The van der Waals surface area contributed by atoms with E-state index < -0.39 is 0 Å². The summed E-state index contributed by atoms with van der Waals surface area (Å²) in [5, 5.41) is 9.91. The van der Waals surface area contributed by atoms with Gasteiger partial charge in [-0.2, -0.15) is 5.26 Å². The number of anilines is 1. The molecule has 0 N–H and O–H groups in total. The normalized spacial score (nSPS) is 16.6. The molecule has 8 nitrogen and oxygen atoms in total. The van der Waals surface area contributed by atoms with Gasteiger partial charge in [0, 0.05) is 50.9 Å². The van der Waals surface area contributed by atoms with Crippen LogP contribution in [-0.4, -0.2) is 51.5 Å². The zero-order chi connectivity index (χ0) is 22.8. The van der Waals surface area contributed by atoms with Crippen molar-refractivity contribution < 1.29 is 4.79 Å². The Bertz CT molecular complexity index is 1300. The number of pyridine rings is 1. The first-order valence-corrected chi connectivity index (χ1v) is 11.6. The lowest BCUT2D eigenvalue weighted by Crippen LogP contribution is -2.49. The number of piperazine rings is 1. The van der Waals surface area contributed by atoms with E-state index in [9.17, 15) is 14.9 Å². The molecule has 4 heterocycles. The maximum Gasteiger partial charge on any atom is 0.261 e. The molecule has 8 heteroatoms. The van der Waals surface area contributed by atoms with Gasteiger partial charge in [-0.15, -0.1) is 0 Å². The lowest BCUT2D eigenvalue weighted by atomic mass is 10.1. The molecule has 0 radical (unpaired) electrons. The summed E-state index contributed by atoms with van der Waals surface area (Å²) in [5.74, 6) is 1.43. The molecule has 3 aromatic rings. The Morgan fingerprint density at radius 1 is 1.00 bits per heavy atom. The van der Waals surface area contributed by atoms with Gasteiger partial charge in [0.25, 0.3) is 11.5 Å². The highest BCUT2D eigenvalue weighted by Gasteiger charge is 2.25. The number of nitriles is 1. The number of hydrogen-bond donors (Lipinski definition) is 0. The van der Waals surface area contributed by atoms with Gasteiger partial charge in [-0.25, -0.2) is 9.97 Å². The highest BCUT2D eigenvalue weighted by molar-refractivity contribution is 5.97. The Morgan fingerprint density at radius 2 is 1.82 bits per heavy atom. The molecule has 0 spiro atoms. The molecule has 0 bridgehead atoms. The van der Waals surface area contributed by atoms with Crippen molar-refractivity contribution in [2.24, 2.45) is 0 Å². The minimum absolute atomic E-state index is 0.00632. The minimum atomic E-state index is -0.0632. The molecule has 0 atom stereocenters. The van der Waals surface area contributed by atoms with E-state index >= 15 is 0 Å². The quantitative estimate of drug-likeness (QED) is 0.606. The summed E-state index contributed by atoms with van der Waals surface area (Å²) in [7, 11) is 0. The van der Waals surface area contributed by atoms with E-state index in [1.807, 2.05) is 14.4 Å². The van der Waals surface area contributed by atoms with Crippen LogP contribution in [0.4, 0.5) is 5.82 Å². The number of carbonyl (C=O) groups excluding carboxylic acids is 1. The molecule has 0 unspecified atom stereocenters. The van der Waals surface area contributed by atoms with Crippen LogP contribution in [0.25, 0.3) is 10.9 Å². The third-order valence-corrected chi connectivity index (χ3v) is 6.59. The van der Waals surface area contributed by atoms with Crippen LogP contribution in [0.1, 0.15) is 47.4 Å². The smallest absolute Gasteiger partial charge is 0.261 e. The van der Waals surface area contributed by atoms with E-state index in [-0.39, 0.29) is 11.5 Å². The predicted molar refractivity (Wildman–Crippen MR) is 125 cm³/mol. The van der Waals surface area contributed by atoms with Crippen molar-refractivity contribution in [2.45, 2.75) is 38.6 Å². The number of rotatable bonds is 2. The lowest BCUT2D eigenvalue weighted by molar-refractivity contribution is 0.0746. The molecule has 2 aliphatic heterocycles. The van der Waals surface area contributed by atoms with E-state index in [4.69, 9.17) is 4.98 Å². The monoisotopic (exact) mass is 442 g/mol. The molecule has 0 saturated carbocycles. The van der Waals surface area contributed by atoms with Crippen LogP contribution in [0.3, 0.4) is 0 Å². The van der Waals surface area contributed by atoms with E-state index in [0.29, 0.717) is 60.6 Å². The second-order valence-corrected chi connectivity index (χ2v) is 8.65. The van der Waals surface area contributed by atoms with Crippen LogP contribution >= 0.6 is 0 Å². The van der Waals surface area contributed by atoms with Gasteiger partial charge < -0.3 is 9.80 Å². The second kappa shape index (κ2) is 9.02. The van der Waals surface area contributed by atoms with Gasteiger partial charge >= 0.3 is 0 Å². The van der Waals surface area contributed by atoms with Crippen molar-refractivity contribution in [3.8, 4) is 6.07 Å². The van der Waals surface area contributed by atoms with Gasteiger partial charge in [0.15, 0.2) is 0 Å². The number of aryl methyl sites for hydroxylation is 1. The third-order valence-electron chi connectivity index (χ3n) is 6.59. The largest absolute Gasteiger partial charge is 0.352 e. The molecule has 1 fully saturated rings. The molecular formula is C25H26N6O2. The van der Waals surface area contributed by atoms with E-state index in [1.54, 1.807) is 36.5 Å². The van der Waals surface area contributed by atoms with Crippen molar-refractivity contribution in [2.75, 3.05) is 31.1 Å². The molecule has 168 valence electrons. The summed E-state index contributed by atoms with van der Waals surface area (Å²) in [5.41, 5.74) is 1.69. The number of hydrogen-bond acceptors (Lipinski definition) is 6. The summed E-state index contributed by atoms with van der Waals surface area (Å²) >= 11 is 0. The maximum absolute atomic E-state index is 13.2.